The number of hydrogen-bond donors (Lipinski definition) is 3. The van der Waals surface area contributed by atoms with E-state index in [9.17, 15) is 24.3 Å². The van der Waals surface area contributed by atoms with E-state index < -0.39 is 36.3 Å². The molecule has 1 aliphatic heterocycles. The second-order valence-corrected chi connectivity index (χ2v) is 13.2. The molecule has 260 valence electrons. The van der Waals surface area contributed by atoms with Crippen LogP contribution >= 0.6 is 0 Å². The van der Waals surface area contributed by atoms with Gasteiger partial charge in [-0.15, -0.1) is 0 Å². The Morgan fingerprint density at radius 1 is 1.02 bits per heavy atom. The Balaban J connectivity index is 2.13. The van der Waals surface area contributed by atoms with Crippen LogP contribution in [0.5, 0.6) is 0 Å². The molecule has 1 fully saturated rings. The van der Waals surface area contributed by atoms with Gasteiger partial charge < -0.3 is 35.0 Å². The average Bonchev–Trinajstić information content (AvgIpc) is 3.52. The molecule has 1 heterocycles. The van der Waals surface area contributed by atoms with Crippen LogP contribution in [-0.4, -0.2) is 103 Å². The van der Waals surface area contributed by atoms with Crippen molar-refractivity contribution in [3.8, 4) is 0 Å². The van der Waals surface area contributed by atoms with Crippen molar-refractivity contribution in [3.05, 3.63) is 35.9 Å². The normalized spacial score (nSPS) is 19.5. The monoisotopic (exact) mass is 646 g/mol. The Labute approximate surface area is 275 Å². The zero-order valence-corrected chi connectivity index (χ0v) is 29.3. The van der Waals surface area contributed by atoms with Crippen molar-refractivity contribution in [1.29, 1.82) is 0 Å². The van der Waals surface area contributed by atoms with Crippen LogP contribution in [0.3, 0.4) is 0 Å². The standard InChI is InChI=1S/C35H58N4O7/c1-10-23(4)32(38(7)31(42)21-36-29(40)19-22(2)3)28(45-8)20-30(41)39-18-14-17-27(39)34(46-9)24(5)35(44)37-25(6)33(43)26-15-12-11-13-16-26/h11-13,15-16,22-25,27-28,32-34,43H,10,14,17-21H2,1-9H3,(H,36,40)(H,37,44)/t23-,24+,25+,27-,28+,32?,33+,34-/m0/s1. The van der Waals surface area contributed by atoms with Gasteiger partial charge in [0.2, 0.25) is 23.6 Å². The molecule has 4 amide bonds. The van der Waals surface area contributed by atoms with Gasteiger partial charge in [-0.05, 0) is 37.2 Å². The first-order chi connectivity index (χ1) is 21.8. The third-order valence-corrected chi connectivity index (χ3v) is 9.32. The summed E-state index contributed by atoms with van der Waals surface area (Å²) in [6, 6.07) is 7.94. The Kier molecular flexibility index (Phi) is 16.1. The van der Waals surface area contributed by atoms with Crippen LogP contribution in [0.15, 0.2) is 30.3 Å². The summed E-state index contributed by atoms with van der Waals surface area (Å²) in [4.78, 5) is 55.9. The van der Waals surface area contributed by atoms with E-state index in [1.165, 1.54) is 0 Å². The van der Waals surface area contributed by atoms with Gasteiger partial charge in [-0.25, -0.2) is 0 Å². The van der Waals surface area contributed by atoms with Gasteiger partial charge in [-0.1, -0.05) is 71.4 Å². The topological polar surface area (TPSA) is 138 Å². The summed E-state index contributed by atoms with van der Waals surface area (Å²) in [5, 5.41) is 16.4. The van der Waals surface area contributed by atoms with Crippen LogP contribution in [0.2, 0.25) is 0 Å². The van der Waals surface area contributed by atoms with Crippen molar-refractivity contribution in [2.75, 3.05) is 34.4 Å². The number of hydrogen-bond acceptors (Lipinski definition) is 7. The lowest BCUT2D eigenvalue weighted by Gasteiger charge is -2.39. The number of nitrogens with one attached hydrogen (secondary N) is 2. The molecule has 2 rings (SSSR count). The quantitative estimate of drug-likeness (QED) is 0.223. The van der Waals surface area contributed by atoms with Crippen molar-refractivity contribution < 1.29 is 33.8 Å². The van der Waals surface area contributed by atoms with E-state index in [0.29, 0.717) is 24.9 Å². The number of benzene rings is 1. The molecule has 0 spiro atoms. The first kappa shape index (κ1) is 39.2. The van der Waals surface area contributed by atoms with Crippen molar-refractivity contribution in [2.24, 2.45) is 17.8 Å². The summed E-state index contributed by atoms with van der Waals surface area (Å²) in [6.07, 6.45) is 0.612. The van der Waals surface area contributed by atoms with Crippen LogP contribution in [0.1, 0.15) is 85.3 Å². The highest BCUT2D eigenvalue weighted by Crippen LogP contribution is 2.29. The van der Waals surface area contributed by atoms with Gasteiger partial charge >= 0.3 is 0 Å². The lowest BCUT2D eigenvalue weighted by molar-refractivity contribution is -0.146. The van der Waals surface area contributed by atoms with Crippen LogP contribution in [-0.2, 0) is 28.7 Å². The van der Waals surface area contributed by atoms with Gasteiger partial charge in [0, 0.05) is 34.2 Å². The highest BCUT2D eigenvalue weighted by Gasteiger charge is 2.42. The molecule has 0 aliphatic carbocycles. The largest absolute Gasteiger partial charge is 0.386 e. The van der Waals surface area contributed by atoms with E-state index in [-0.39, 0.29) is 54.5 Å². The number of likely N-dealkylation sites (N-methyl/N-ethyl adjacent to an activating group) is 1. The number of rotatable bonds is 18. The van der Waals surface area contributed by atoms with E-state index in [1.807, 2.05) is 58.0 Å². The number of aliphatic hydroxyl groups is 1. The van der Waals surface area contributed by atoms with E-state index in [0.717, 1.165) is 12.8 Å². The SMILES string of the molecule is CC[C@H](C)C([C@@H](CC(=O)N1CCC[C@H]1[C@@H](OC)[C@@H](C)C(=O)N[C@H](C)[C@@H](O)c1ccccc1)OC)N(C)C(=O)CNC(=O)CC(C)C. The van der Waals surface area contributed by atoms with Crippen molar-refractivity contribution >= 4 is 23.6 Å². The smallest absolute Gasteiger partial charge is 0.242 e. The molecule has 0 saturated carbocycles. The minimum atomic E-state index is -0.867. The maximum Gasteiger partial charge on any atom is 0.242 e. The van der Waals surface area contributed by atoms with E-state index in [1.54, 1.807) is 44.9 Å². The Morgan fingerprint density at radius 2 is 1.67 bits per heavy atom. The highest BCUT2D eigenvalue weighted by molar-refractivity contribution is 5.85. The number of carbonyl (C=O) groups is 4. The molecule has 11 heteroatoms. The Morgan fingerprint density at radius 3 is 2.24 bits per heavy atom. The van der Waals surface area contributed by atoms with Crippen LogP contribution < -0.4 is 10.6 Å². The summed E-state index contributed by atoms with van der Waals surface area (Å²) in [5.74, 6) is -1.19. The molecule has 0 bridgehead atoms. The third kappa shape index (κ3) is 10.8. The molecule has 1 saturated heterocycles. The summed E-state index contributed by atoms with van der Waals surface area (Å²) in [5.41, 5.74) is 0.713. The van der Waals surface area contributed by atoms with Crippen molar-refractivity contribution in [2.45, 2.75) is 110 Å². The van der Waals surface area contributed by atoms with Gasteiger partial charge in [0.15, 0.2) is 0 Å². The minimum absolute atomic E-state index is 0.0242. The van der Waals surface area contributed by atoms with Crippen LogP contribution in [0.25, 0.3) is 0 Å². The fraction of sp³-hybridized carbons (Fsp3) is 0.714. The highest BCUT2D eigenvalue weighted by atomic mass is 16.5. The first-order valence-corrected chi connectivity index (χ1v) is 16.7. The Bertz CT molecular complexity index is 1120. The number of methoxy groups -OCH3 is 2. The maximum atomic E-state index is 13.9. The predicted molar refractivity (Wildman–Crippen MR) is 178 cm³/mol. The predicted octanol–water partition coefficient (Wildman–Crippen LogP) is 3.31. The van der Waals surface area contributed by atoms with Gasteiger partial charge in [0.25, 0.3) is 0 Å². The first-order valence-electron chi connectivity index (χ1n) is 16.7. The van der Waals surface area contributed by atoms with E-state index in [4.69, 9.17) is 9.47 Å². The fourth-order valence-corrected chi connectivity index (χ4v) is 6.44. The van der Waals surface area contributed by atoms with Crippen LogP contribution in [0.4, 0.5) is 0 Å². The molecule has 1 aliphatic rings. The number of nitrogens with zero attached hydrogens (tertiary/aromatic N) is 2. The molecule has 46 heavy (non-hydrogen) atoms. The molecule has 0 radical (unpaired) electrons. The van der Waals surface area contributed by atoms with E-state index >= 15 is 0 Å². The molecule has 1 aromatic rings. The summed E-state index contributed by atoms with van der Waals surface area (Å²) in [6.45, 7) is 11.9. The number of amides is 4. The Hall–Kier alpha value is -3.02. The van der Waals surface area contributed by atoms with Crippen molar-refractivity contribution in [3.63, 3.8) is 0 Å². The molecule has 3 N–H and O–H groups in total. The van der Waals surface area contributed by atoms with Crippen LogP contribution in [0, 0.1) is 17.8 Å². The molecule has 8 atom stereocenters. The summed E-state index contributed by atoms with van der Waals surface area (Å²) in [7, 11) is 4.79. The average molecular weight is 647 g/mol. The number of carbonyl (C=O) groups excluding carboxylic acids is 4. The number of aliphatic hydroxyl groups excluding tert-OH is 1. The number of likely N-dealkylation sites (tertiary alicyclic amines) is 1. The molecular formula is C35H58N4O7. The minimum Gasteiger partial charge on any atom is -0.386 e. The fourth-order valence-electron chi connectivity index (χ4n) is 6.44. The zero-order chi connectivity index (χ0) is 34.6. The number of ether oxygens (including phenoxy) is 2. The maximum absolute atomic E-state index is 13.9. The molecule has 1 unspecified atom stereocenters. The summed E-state index contributed by atoms with van der Waals surface area (Å²) >= 11 is 0. The van der Waals surface area contributed by atoms with Gasteiger partial charge in [0.05, 0.1) is 55.3 Å². The molecular weight excluding hydrogens is 588 g/mol. The van der Waals surface area contributed by atoms with Gasteiger partial charge in [-0.3, -0.25) is 19.2 Å². The zero-order valence-electron chi connectivity index (χ0n) is 29.3. The van der Waals surface area contributed by atoms with E-state index in [2.05, 4.69) is 10.6 Å². The second kappa shape index (κ2) is 19.0. The third-order valence-electron chi connectivity index (χ3n) is 9.32. The van der Waals surface area contributed by atoms with Gasteiger partial charge in [0.1, 0.15) is 0 Å². The lowest BCUT2D eigenvalue weighted by atomic mass is 9.90. The second-order valence-electron chi connectivity index (χ2n) is 13.2. The lowest BCUT2D eigenvalue weighted by Crippen LogP contribution is -2.54. The molecule has 0 aromatic heterocycles. The van der Waals surface area contributed by atoms with Gasteiger partial charge in [-0.2, -0.15) is 0 Å². The summed E-state index contributed by atoms with van der Waals surface area (Å²) < 4.78 is 11.7. The molecule has 11 nitrogen and oxygen atoms in total. The molecule has 1 aromatic carbocycles. The van der Waals surface area contributed by atoms with Crippen molar-refractivity contribution in [1.82, 2.24) is 20.4 Å².